The molecule has 1 aliphatic carbocycles. The minimum absolute atomic E-state index is 0.303. The van der Waals surface area contributed by atoms with Crippen LogP contribution in [0.3, 0.4) is 0 Å². The minimum Gasteiger partial charge on any atom is -0.314 e. The summed E-state index contributed by atoms with van der Waals surface area (Å²) in [6.07, 6.45) is 3.52. The van der Waals surface area contributed by atoms with Crippen molar-refractivity contribution in [2.75, 3.05) is 7.05 Å². The summed E-state index contributed by atoms with van der Waals surface area (Å²) in [4.78, 5) is 0. The molecule has 0 radical (unpaired) electrons. The monoisotopic (exact) mass is 191 g/mol. The van der Waals surface area contributed by atoms with E-state index in [-0.39, 0.29) is 0 Å². The van der Waals surface area contributed by atoms with Gasteiger partial charge in [0, 0.05) is 19.0 Å². The van der Waals surface area contributed by atoms with E-state index in [0.29, 0.717) is 12.0 Å². The Morgan fingerprint density at radius 2 is 1.93 bits per heavy atom. The number of rotatable bonds is 2. The average Bonchev–Trinajstić information content (AvgIpc) is 2.67. The molecular formula is C12H17NO. The Bertz CT molecular complexity index is 284. The predicted molar refractivity (Wildman–Crippen MR) is 56.4 cm³/mol. The predicted octanol–water partition coefficient (Wildman–Crippen LogP) is 2.64. The van der Waals surface area contributed by atoms with Gasteiger partial charge in [0.1, 0.15) is 0 Å². The van der Waals surface area contributed by atoms with Crippen molar-refractivity contribution in [3.63, 3.8) is 0 Å². The molecule has 2 atom stereocenters. The van der Waals surface area contributed by atoms with Crippen LogP contribution in [-0.2, 0) is 0 Å². The first kappa shape index (κ1) is 9.69. The maximum Gasteiger partial charge on any atom is 0.0415 e. The van der Waals surface area contributed by atoms with Crippen LogP contribution >= 0.6 is 0 Å². The van der Waals surface area contributed by atoms with E-state index in [4.69, 9.17) is 0 Å². The Morgan fingerprint density at radius 3 is 2.57 bits per heavy atom. The van der Waals surface area contributed by atoms with E-state index < -0.39 is 0 Å². The summed E-state index contributed by atoms with van der Waals surface area (Å²) < 4.78 is 0. The fourth-order valence-electron chi connectivity index (χ4n) is 2.48. The summed E-state index contributed by atoms with van der Waals surface area (Å²) in [7, 11) is 1.76. The quantitative estimate of drug-likeness (QED) is 0.726. The molecule has 1 aromatic carbocycles. The number of hydrogen-bond acceptors (Lipinski definition) is 2. The molecule has 1 saturated carbocycles. The van der Waals surface area contributed by atoms with Gasteiger partial charge in [-0.25, -0.2) is 0 Å². The molecule has 0 saturated heterocycles. The average molecular weight is 191 g/mol. The third-order valence-electron chi connectivity index (χ3n) is 3.19. The van der Waals surface area contributed by atoms with Gasteiger partial charge in [-0.05, 0) is 18.4 Å². The van der Waals surface area contributed by atoms with Gasteiger partial charge in [0.05, 0.1) is 0 Å². The summed E-state index contributed by atoms with van der Waals surface area (Å²) in [5.74, 6) is 0.506. The smallest absolute Gasteiger partial charge is 0.0415 e. The lowest BCUT2D eigenvalue weighted by Crippen LogP contribution is -2.30. The number of hydroxylamine groups is 2. The van der Waals surface area contributed by atoms with Gasteiger partial charge in [-0.3, -0.25) is 0 Å². The maximum absolute atomic E-state index is 9.52. The van der Waals surface area contributed by atoms with Gasteiger partial charge in [-0.15, -0.1) is 0 Å². The van der Waals surface area contributed by atoms with Gasteiger partial charge in [0.15, 0.2) is 0 Å². The molecule has 1 aromatic rings. The molecule has 2 rings (SSSR count). The molecule has 14 heavy (non-hydrogen) atoms. The van der Waals surface area contributed by atoms with Crippen molar-refractivity contribution in [1.29, 1.82) is 0 Å². The van der Waals surface area contributed by atoms with E-state index in [1.807, 2.05) is 6.07 Å². The molecule has 2 nitrogen and oxygen atoms in total. The van der Waals surface area contributed by atoms with Crippen molar-refractivity contribution in [2.45, 2.75) is 31.2 Å². The second-order valence-electron chi connectivity index (χ2n) is 4.09. The molecule has 2 unspecified atom stereocenters. The fraction of sp³-hybridized carbons (Fsp3) is 0.500. The Hall–Kier alpha value is -0.860. The summed E-state index contributed by atoms with van der Waals surface area (Å²) in [6.45, 7) is 0. The second kappa shape index (κ2) is 4.11. The highest BCUT2D eigenvalue weighted by atomic mass is 16.5. The van der Waals surface area contributed by atoms with Crippen molar-refractivity contribution < 1.29 is 5.21 Å². The van der Waals surface area contributed by atoms with Gasteiger partial charge in [-0.2, -0.15) is 5.06 Å². The fourth-order valence-corrected chi connectivity index (χ4v) is 2.48. The van der Waals surface area contributed by atoms with Crippen LogP contribution in [0, 0.1) is 0 Å². The van der Waals surface area contributed by atoms with Gasteiger partial charge >= 0.3 is 0 Å². The lowest BCUT2D eigenvalue weighted by atomic mass is 9.94. The van der Waals surface area contributed by atoms with E-state index in [2.05, 4.69) is 24.3 Å². The maximum atomic E-state index is 9.52. The molecule has 1 N–H and O–H groups in total. The third kappa shape index (κ3) is 1.81. The van der Waals surface area contributed by atoms with Crippen LogP contribution in [0.5, 0.6) is 0 Å². The topological polar surface area (TPSA) is 23.5 Å². The number of likely N-dealkylation sites (N-methyl/N-ethyl adjacent to an activating group) is 1. The first-order valence-corrected chi connectivity index (χ1v) is 5.25. The number of hydrogen-bond donors (Lipinski definition) is 1. The molecule has 0 spiro atoms. The first-order valence-electron chi connectivity index (χ1n) is 5.25. The van der Waals surface area contributed by atoms with Crippen molar-refractivity contribution in [1.82, 2.24) is 5.06 Å². The Morgan fingerprint density at radius 1 is 1.21 bits per heavy atom. The summed E-state index contributed by atoms with van der Waals surface area (Å²) >= 11 is 0. The molecule has 0 aliphatic heterocycles. The van der Waals surface area contributed by atoms with Crippen LogP contribution in [0.15, 0.2) is 30.3 Å². The van der Waals surface area contributed by atoms with Crippen LogP contribution in [0.25, 0.3) is 0 Å². The lowest BCUT2D eigenvalue weighted by molar-refractivity contribution is -0.104. The third-order valence-corrected chi connectivity index (χ3v) is 3.19. The van der Waals surface area contributed by atoms with Crippen LogP contribution in [0.4, 0.5) is 0 Å². The Labute approximate surface area is 85.1 Å². The first-order chi connectivity index (χ1) is 6.79. The molecule has 0 aromatic heterocycles. The van der Waals surface area contributed by atoms with Crippen LogP contribution < -0.4 is 0 Å². The molecule has 2 heteroatoms. The molecular weight excluding hydrogens is 174 g/mol. The largest absolute Gasteiger partial charge is 0.314 e. The van der Waals surface area contributed by atoms with Crippen molar-refractivity contribution >= 4 is 0 Å². The van der Waals surface area contributed by atoms with Gasteiger partial charge in [0.25, 0.3) is 0 Å². The summed E-state index contributed by atoms with van der Waals surface area (Å²) in [5, 5.41) is 10.9. The van der Waals surface area contributed by atoms with Crippen LogP contribution in [-0.4, -0.2) is 23.4 Å². The normalized spacial score (nSPS) is 27.1. The molecule has 1 fully saturated rings. The van der Waals surface area contributed by atoms with E-state index >= 15 is 0 Å². The molecule has 0 amide bonds. The molecule has 76 valence electrons. The number of benzene rings is 1. The summed E-state index contributed by atoms with van der Waals surface area (Å²) in [6, 6.07) is 10.8. The standard InChI is InChI=1S/C12H17NO/c1-13(14)12-9-5-8-11(12)10-6-3-2-4-7-10/h2-4,6-7,11-12,14H,5,8-9H2,1H3. The number of nitrogens with zero attached hydrogens (tertiary/aromatic N) is 1. The molecule has 0 bridgehead atoms. The highest BCUT2D eigenvalue weighted by Gasteiger charge is 2.30. The zero-order valence-corrected chi connectivity index (χ0v) is 8.56. The molecule has 1 aliphatic rings. The lowest BCUT2D eigenvalue weighted by Gasteiger charge is -2.24. The van der Waals surface area contributed by atoms with E-state index in [1.54, 1.807) is 7.05 Å². The van der Waals surface area contributed by atoms with E-state index in [9.17, 15) is 5.21 Å². The minimum atomic E-state index is 0.303. The van der Waals surface area contributed by atoms with E-state index in [1.165, 1.54) is 23.5 Å². The van der Waals surface area contributed by atoms with Gasteiger partial charge < -0.3 is 5.21 Å². The highest BCUT2D eigenvalue weighted by molar-refractivity contribution is 5.22. The van der Waals surface area contributed by atoms with Crippen LogP contribution in [0.1, 0.15) is 30.7 Å². The zero-order valence-electron chi connectivity index (χ0n) is 8.56. The van der Waals surface area contributed by atoms with Crippen molar-refractivity contribution in [3.05, 3.63) is 35.9 Å². The van der Waals surface area contributed by atoms with E-state index in [0.717, 1.165) is 6.42 Å². The van der Waals surface area contributed by atoms with Gasteiger partial charge in [-0.1, -0.05) is 36.8 Å². The van der Waals surface area contributed by atoms with Crippen LogP contribution in [0.2, 0.25) is 0 Å². The molecule has 0 heterocycles. The summed E-state index contributed by atoms with van der Waals surface area (Å²) in [5.41, 5.74) is 1.36. The zero-order chi connectivity index (χ0) is 9.97. The Balaban J connectivity index is 2.18. The SMILES string of the molecule is CN(O)C1CCCC1c1ccccc1. The van der Waals surface area contributed by atoms with Crippen molar-refractivity contribution in [3.8, 4) is 0 Å². The van der Waals surface area contributed by atoms with Crippen molar-refractivity contribution in [2.24, 2.45) is 0 Å². The highest BCUT2D eigenvalue weighted by Crippen LogP contribution is 2.36. The van der Waals surface area contributed by atoms with Gasteiger partial charge in [0.2, 0.25) is 0 Å². The Kier molecular flexibility index (Phi) is 2.85. The second-order valence-corrected chi connectivity index (χ2v) is 4.09.